The molecular weight excluding hydrogens is 629 g/mol. The monoisotopic (exact) mass is 656 g/mol. The van der Waals surface area contributed by atoms with Crippen molar-refractivity contribution in [3.05, 3.63) is 170 Å². The largest absolute Gasteiger partial charge is 0.456 e. The van der Waals surface area contributed by atoms with Gasteiger partial charge in [-0.3, -0.25) is 0 Å². The smallest absolute Gasteiger partial charge is 0.160 e. The standard InChI is InChI=1S/C46H28N2OS/c1-3-12-29(13-4-1)32-24-33(35-18-11-19-38-37-17-8-10-21-44(37)50-45(35)38)26-34(25-32)41-28-40(47-46(48-41)30-14-5-2-6-15-30)31-22-23-43-39(27-31)36-16-7-9-20-42(36)49-43/h1-28H. The van der Waals surface area contributed by atoms with Gasteiger partial charge in [-0.1, -0.05) is 115 Å². The molecule has 0 N–H and O–H groups in total. The molecule has 0 atom stereocenters. The maximum Gasteiger partial charge on any atom is 0.160 e. The van der Waals surface area contributed by atoms with E-state index >= 15 is 0 Å². The molecule has 0 radical (unpaired) electrons. The SMILES string of the molecule is c1ccc(-c2cc(-c3cc(-c4ccc5oc6ccccc6c5c4)nc(-c4ccccc4)n3)cc(-c3cccc4c3sc3ccccc34)c2)cc1. The summed E-state index contributed by atoms with van der Waals surface area (Å²) in [4.78, 5) is 10.4. The van der Waals surface area contributed by atoms with Gasteiger partial charge in [0.25, 0.3) is 0 Å². The highest BCUT2D eigenvalue weighted by Crippen LogP contribution is 2.42. The predicted octanol–water partition coefficient (Wildman–Crippen LogP) is 13.1. The summed E-state index contributed by atoms with van der Waals surface area (Å²) < 4.78 is 8.74. The van der Waals surface area contributed by atoms with Crippen LogP contribution in [0.15, 0.2) is 174 Å². The molecule has 10 rings (SSSR count). The molecule has 3 heterocycles. The molecule has 0 amide bonds. The van der Waals surface area contributed by atoms with Gasteiger partial charge in [-0.05, 0) is 76.9 Å². The highest BCUT2D eigenvalue weighted by molar-refractivity contribution is 7.26. The Balaban J connectivity index is 1.21. The first kappa shape index (κ1) is 28.6. The van der Waals surface area contributed by atoms with Crippen LogP contribution in [0.2, 0.25) is 0 Å². The zero-order valence-electron chi connectivity index (χ0n) is 26.9. The number of nitrogens with zero attached hydrogens (tertiary/aromatic N) is 2. The van der Waals surface area contributed by atoms with Crippen LogP contribution in [-0.2, 0) is 0 Å². The second-order valence-corrected chi connectivity index (χ2v) is 13.6. The van der Waals surface area contributed by atoms with Crippen LogP contribution in [0, 0.1) is 0 Å². The molecule has 4 heteroatoms. The van der Waals surface area contributed by atoms with E-state index in [-0.39, 0.29) is 0 Å². The van der Waals surface area contributed by atoms with Crippen molar-refractivity contribution in [1.82, 2.24) is 9.97 Å². The minimum absolute atomic E-state index is 0.688. The van der Waals surface area contributed by atoms with Crippen molar-refractivity contribution in [3.8, 4) is 56.2 Å². The van der Waals surface area contributed by atoms with Gasteiger partial charge in [0, 0.05) is 47.6 Å². The molecule has 0 aliphatic heterocycles. The van der Waals surface area contributed by atoms with E-state index in [4.69, 9.17) is 14.4 Å². The number of rotatable bonds is 5. The quantitative estimate of drug-likeness (QED) is 0.185. The molecule has 0 aliphatic rings. The van der Waals surface area contributed by atoms with Crippen LogP contribution >= 0.6 is 11.3 Å². The Labute approximate surface area is 292 Å². The fourth-order valence-corrected chi connectivity index (χ4v) is 8.29. The van der Waals surface area contributed by atoms with Crippen molar-refractivity contribution in [3.63, 3.8) is 0 Å². The van der Waals surface area contributed by atoms with Gasteiger partial charge in [0.15, 0.2) is 5.82 Å². The summed E-state index contributed by atoms with van der Waals surface area (Å²) in [7, 11) is 0. The van der Waals surface area contributed by atoms with Crippen molar-refractivity contribution in [2.45, 2.75) is 0 Å². The lowest BCUT2D eigenvalue weighted by molar-refractivity contribution is 0.669. The fraction of sp³-hybridized carbons (Fsp3) is 0. The maximum atomic E-state index is 6.16. The van der Waals surface area contributed by atoms with Gasteiger partial charge in [-0.15, -0.1) is 11.3 Å². The molecule has 3 nitrogen and oxygen atoms in total. The molecule has 0 saturated carbocycles. The van der Waals surface area contributed by atoms with Gasteiger partial charge in [0.1, 0.15) is 11.2 Å². The fourth-order valence-electron chi connectivity index (χ4n) is 7.05. The van der Waals surface area contributed by atoms with Gasteiger partial charge in [0.05, 0.1) is 11.4 Å². The summed E-state index contributed by atoms with van der Waals surface area (Å²) in [5.74, 6) is 0.688. The number of benzene rings is 7. The molecule has 0 aliphatic carbocycles. The van der Waals surface area contributed by atoms with Gasteiger partial charge in [0.2, 0.25) is 0 Å². The van der Waals surface area contributed by atoms with Crippen LogP contribution in [0.25, 0.3) is 98.3 Å². The van der Waals surface area contributed by atoms with E-state index in [0.29, 0.717) is 5.82 Å². The second-order valence-electron chi connectivity index (χ2n) is 12.6. The molecule has 50 heavy (non-hydrogen) atoms. The van der Waals surface area contributed by atoms with Crippen LogP contribution in [0.4, 0.5) is 0 Å². The summed E-state index contributed by atoms with van der Waals surface area (Å²) in [5.41, 5.74) is 11.2. The lowest BCUT2D eigenvalue weighted by Gasteiger charge is -2.14. The number of hydrogen-bond acceptors (Lipinski definition) is 4. The number of furan rings is 1. The third-order valence-electron chi connectivity index (χ3n) is 9.48. The summed E-state index contributed by atoms with van der Waals surface area (Å²) in [6, 6.07) is 59.7. The zero-order chi connectivity index (χ0) is 33.0. The van der Waals surface area contributed by atoms with Gasteiger partial charge in [-0.25, -0.2) is 9.97 Å². The van der Waals surface area contributed by atoms with Gasteiger partial charge in [-0.2, -0.15) is 0 Å². The summed E-state index contributed by atoms with van der Waals surface area (Å²) in [5, 5.41) is 4.75. The molecule has 10 aromatic rings. The Kier molecular flexibility index (Phi) is 6.68. The average molecular weight is 657 g/mol. The number of hydrogen-bond donors (Lipinski definition) is 0. The van der Waals surface area contributed by atoms with Gasteiger partial charge < -0.3 is 4.42 Å². The summed E-state index contributed by atoms with van der Waals surface area (Å²) in [6.07, 6.45) is 0. The predicted molar refractivity (Wildman–Crippen MR) is 209 cm³/mol. The average Bonchev–Trinajstić information content (AvgIpc) is 3.76. The minimum atomic E-state index is 0.688. The van der Waals surface area contributed by atoms with Crippen LogP contribution in [-0.4, -0.2) is 9.97 Å². The van der Waals surface area contributed by atoms with Crippen LogP contribution in [0.5, 0.6) is 0 Å². The minimum Gasteiger partial charge on any atom is -0.456 e. The van der Waals surface area contributed by atoms with E-state index in [2.05, 4.69) is 140 Å². The highest BCUT2D eigenvalue weighted by Gasteiger charge is 2.17. The molecular formula is C46H28N2OS. The van der Waals surface area contributed by atoms with Crippen molar-refractivity contribution in [1.29, 1.82) is 0 Å². The third-order valence-corrected chi connectivity index (χ3v) is 10.7. The second kappa shape index (κ2) is 11.7. The van der Waals surface area contributed by atoms with Crippen molar-refractivity contribution >= 4 is 53.4 Å². The zero-order valence-corrected chi connectivity index (χ0v) is 27.7. The van der Waals surface area contributed by atoms with Crippen LogP contribution in [0.3, 0.4) is 0 Å². The Morgan fingerprint density at radius 1 is 0.380 bits per heavy atom. The highest BCUT2D eigenvalue weighted by atomic mass is 32.1. The Hall–Kier alpha value is -6.36. The topological polar surface area (TPSA) is 38.9 Å². The first-order chi connectivity index (χ1) is 24.7. The Bertz CT molecular complexity index is 2870. The van der Waals surface area contributed by atoms with Crippen molar-refractivity contribution < 1.29 is 4.42 Å². The molecule has 0 fully saturated rings. The molecule has 0 bridgehead atoms. The molecule has 234 valence electrons. The van der Waals surface area contributed by atoms with Crippen molar-refractivity contribution in [2.24, 2.45) is 0 Å². The van der Waals surface area contributed by atoms with Crippen LogP contribution in [0.1, 0.15) is 0 Å². The number of aromatic nitrogens is 2. The first-order valence-corrected chi connectivity index (χ1v) is 17.5. The van der Waals surface area contributed by atoms with E-state index in [1.807, 2.05) is 41.7 Å². The normalized spacial score (nSPS) is 11.6. The lowest BCUT2D eigenvalue weighted by atomic mass is 9.94. The molecule has 3 aromatic heterocycles. The van der Waals surface area contributed by atoms with Gasteiger partial charge >= 0.3 is 0 Å². The molecule has 0 spiro atoms. The van der Waals surface area contributed by atoms with Crippen LogP contribution < -0.4 is 0 Å². The Morgan fingerprint density at radius 2 is 1.02 bits per heavy atom. The van der Waals surface area contributed by atoms with E-state index in [1.165, 1.54) is 25.7 Å². The van der Waals surface area contributed by atoms with E-state index in [0.717, 1.165) is 66.7 Å². The van der Waals surface area contributed by atoms with E-state index < -0.39 is 0 Å². The number of thiophene rings is 1. The maximum absolute atomic E-state index is 6.16. The molecule has 7 aromatic carbocycles. The number of fused-ring (bicyclic) bond motifs is 6. The van der Waals surface area contributed by atoms with E-state index in [1.54, 1.807) is 0 Å². The lowest BCUT2D eigenvalue weighted by Crippen LogP contribution is -1.96. The van der Waals surface area contributed by atoms with Crippen molar-refractivity contribution in [2.75, 3.05) is 0 Å². The number of para-hydroxylation sites is 1. The first-order valence-electron chi connectivity index (χ1n) is 16.7. The summed E-state index contributed by atoms with van der Waals surface area (Å²) in [6.45, 7) is 0. The molecule has 0 unspecified atom stereocenters. The summed E-state index contributed by atoms with van der Waals surface area (Å²) >= 11 is 1.85. The van der Waals surface area contributed by atoms with E-state index in [9.17, 15) is 0 Å². The Morgan fingerprint density at radius 3 is 1.86 bits per heavy atom. The molecule has 0 saturated heterocycles. The third kappa shape index (κ3) is 4.89.